The van der Waals surface area contributed by atoms with Crippen LogP contribution in [0.1, 0.15) is 17.2 Å². The average molecular weight is 349 g/mol. The summed E-state index contributed by atoms with van der Waals surface area (Å²) in [6.07, 6.45) is 2.67. The summed E-state index contributed by atoms with van der Waals surface area (Å²) >= 11 is 12.0. The van der Waals surface area contributed by atoms with E-state index in [1.807, 2.05) is 6.07 Å². The topological polar surface area (TPSA) is 52.9 Å². The van der Waals surface area contributed by atoms with Crippen molar-refractivity contribution >= 4 is 35.2 Å². The minimum absolute atomic E-state index is 0.218. The summed E-state index contributed by atoms with van der Waals surface area (Å²) in [6.45, 7) is 0. The Labute approximate surface area is 142 Å². The minimum Gasteiger partial charge on any atom is -0.333 e. The highest BCUT2D eigenvalue weighted by atomic mass is 35.5. The van der Waals surface area contributed by atoms with E-state index in [0.29, 0.717) is 16.1 Å². The highest BCUT2D eigenvalue weighted by Gasteiger charge is 2.17. The number of nitriles is 1. The Balaban J connectivity index is 2.12. The predicted octanol–water partition coefficient (Wildman–Crippen LogP) is 4.53. The molecule has 2 aromatic rings. The standard InChI is InChI=1S/C17H11Cl2FN2O/c18-14-6-2-5-13(17(14)19)15(10-21)22-16(23)8-7-11-3-1-4-12(20)9-11/h1-9,15H,(H,22,23). The predicted molar refractivity (Wildman–Crippen MR) is 88.4 cm³/mol. The Morgan fingerprint density at radius 2 is 2.00 bits per heavy atom. The molecule has 0 saturated heterocycles. The van der Waals surface area contributed by atoms with Crippen LogP contribution in [0.25, 0.3) is 6.08 Å². The van der Waals surface area contributed by atoms with Crippen molar-refractivity contribution in [2.75, 3.05) is 0 Å². The molecule has 3 nitrogen and oxygen atoms in total. The third-order valence-corrected chi connectivity index (χ3v) is 3.82. The lowest BCUT2D eigenvalue weighted by molar-refractivity contribution is -0.116. The van der Waals surface area contributed by atoms with Crippen molar-refractivity contribution < 1.29 is 9.18 Å². The molecule has 0 aliphatic rings. The van der Waals surface area contributed by atoms with Gasteiger partial charge in [0, 0.05) is 11.6 Å². The van der Waals surface area contributed by atoms with E-state index in [-0.39, 0.29) is 5.02 Å². The van der Waals surface area contributed by atoms with Crippen LogP contribution < -0.4 is 5.32 Å². The second kappa shape index (κ2) is 7.77. The van der Waals surface area contributed by atoms with Crippen LogP contribution in [0, 0.1) is 17.1 Å². The van der Waals surface area contributed by atoms with Crippen molar-refractivity contribution in [3.8, 4) is 6.07 Å². The summed E-state index contributed by atoms with van der Waals surface area (Å²) in [7, 11) is 0. The van der Waals surface area contributed by atoms with Gasteiger partial charge in [-0.05, 0) is 29.8 Å². The molecule has 1 atom stereocenters. The van der Waals surface area contributed by atoms with Gasteiger partial charge in [-0.1, -0.05) is 47.5 Å². The quantitative estimate of drug-likeness (QED) is 0.825. The maximum Gasteiger partial charge on any atom is 0.245 e. The van der Waals surface area contributed by atoms with Gasteiger partial charge in [-0.15, -0.1) is 0 Å². The molecule has 0 spiro atoms. The molecule has 1 amide bonds. The van der Waals surface area contributed by atoms with Gasteiger partial charge in [0.25, 0.3) is 0 Å². The van der Waals surface area contributed by atoms with Gasteiger partial charge in [0.1, 0.15) is 11.9 Å². The van der Waals surface area contributed by atoms with Crippen LogP contribution >= 0.6 is 23.2 Å². The first kappa shape index (κ1) is 17.0. The van der Waals surface area contributed by atoms with Gasteiger partial charge in [-0.25, -0.2) is 4.39 Å². The Bertz CT molecular complexity index is 799. The largest absolute Gasteiger partial charge is 0.333 e. The summed E-state index contributed by atoms with van der Waals surface area (Å²) < 4.78 is 13.1. The molecule has 116 valence electrons. The molecule has 2 aromatic carbocycles. The summed E-state index contributed by atoms with van der Waals surface area (Å²) in [5.74, 6) is -0.898. The molecule has 1 N–H and O–H groups in total. The molecule has 6 heteroatoms. The lowest BCUT2D eigenvalue weighted by atomic mass is 10.1. The van der Waals surface area contributed by atoms with Crippen molar-refractivity contribution in [1.82, 2.24) is 5.32 Å². The van der Waals surface area contributed by atoms with E-state index in [1.54, 1.807) is 24.3 Å². The van der Waals surface area contributed by atoms with E-state index < -0.39 is 17.8 Å². The molecule has 0 radical (unpaired) electrons. The van der Waals surface area contributed by atoms with Gasteiger partial charge < -0.3 is 5.32 Å². The highest BCUT2D eigenvalue weighted by molar-refractivity contribution is 6.42. The highest BCUT2D eigenvalue weighted by Crippen LogP contribution is 2.29. The summed E-state index contributed by atoms with van der Waals surface area (Å²) in [5.41, 5.74) is 0.948. The van der Waals surface area contributed by atoms with Crippen molar-refractivity contribution in [3.05, 3.63) is 75.5 Å². The maximum absolute atomic E-state index is 13.1. The molecule has 0 aliphatic carbocycles. The van der Waals surface area contributed by atoms with Crippen LogP contribution in [0.3, 0.4) is 0 Å². The van der Waals surface area contributed by atoms with Gasteiger partial charge in [0.15, 0.2) is 0 Å². The SMILES string of the molecule is N#CC(NC(=O)C=Cc1cccc(F)c1)c1cccc(Cl)c1Cl. The third-order valence-electron chi connectivity index (χ3n) is 2.98. The number of amides is 1. The fourth-order valence-electron chi connectivity index (χ4n) is 1.90. The lowest BCUT2D eigenvalue weighted by Gasteiger charge is -2.12. The zero-order chi connectivity index (χ0) is 16.8. The molecular formula is C17H11Cl2FN2O. The number of nitrogens with one attached hydrogen (secondary N) is 1. The van der Waals surface area contributed by atoms with Crippen LogP contribution in [0.2, 0.25) is 10.0 Å². The summed E-state index contributed by atoms with van der Waals surface area (Å²) in [5, 5.41) is 12.3. The molecular weight excluding hydrogens is 338 g/mol. The number of hydrogen-bond donors (Lipinski definition) is 1. The lowest BCUT2D eigenvalue weighted by Crippen LogP contribution is -2.26. The Kier molecular flexibility index (Phi) is 5.75. The van der Waals surface area contributed by atoms with Crippen molar-refractivity contribution in [2.45, 2.75) is 6.04 Å². The molecule has 0 bridgehead atoms. The van der Waals surface area contributed by atoms with Crippen LogP contribution in [0.4, 0.5) is 4.39 Å². The number of benzene rings is 2. The van der Waals surface area contributed by atoms with Gasteiger partial charge in [-0.3, -0.25) is 4.79 Å². The van der Waals surface area contributed by atoms with Crippen LogP contribution in [0.15, 0.2) is 48.5 Å². The second-order valence-corrected chi connectivity index (χ2v) is 5.39. The van der Waals surface area contributed by atoms with Gasteiger partial charge in [0.05, 0.1) is 16.1 Å². The first-order chi connectivity index (χ1) is 11.0. The molecule has 0 fully saturated rings. The maximum atomic E-state index is 13.1. The van der Waals surface area contributed by atoms with Crippen LogP contribution in [0.5, 0.6) is 0 Å². The van der Waals surface area contributed by atoms with Crippen molar-refractivity contribution in [3.63, 3.8) is 0 Å². The number of carbonyl (C=O) groups is 1. The minimum atomic E-state index is -0.939. The number of hydrogen-bond acceptors (Lipinski definition) is 2. The molecule has 0 aromatic heterocycles. The summed E-state index contributed by atoms with van der Waals surface area (Å²) in [4.78, 5) is 11.9. The van der Waals surface area contributed by atoms with Gasteiger partial charge in [-0.2, -0.15) is 5.26 Å². The zero-order valence-corrected chi connectivity index (χ0v) is 13.3. The second-order valence-electron chi connectivity index (χ2n) is 4.60. The molecule has 0 aliphatic heterocycles. The first-order valence-electron chi connectivity index (χ1n) is 6.59. The Morgan fingerprint density at radius 3 is 2.70 bits per heavy atom. The zero-order valence-electron chi connectivity index (χ0n) is 11.8. The molecule has 0 saturated carbocycles. The fraction of sp³-hybridized carbons (Fsp3) is 0.0588. The van der Waals surface area contributed by atoms with Crippen molar-refractivity contribution in [1.29, 1.82) is 5.26 Å². The summed E-state index contributed by atoms with van der Waals surface area (Å²) in [6, 6.07) is 11.7. The number of halogens is 3. The van der Waals surface area contributed by atoms with Crippen LogP contribution in [-0.2, 0) is 4.79 Å². The first-order valence-corrected chi connectivity index (χ1v) is 7.34. The Hall–Kier alpha value is -2.35. The number of nitrogens with zero attached hydrogens (tertiary/aromatic N) is 1. The van der Waals surface area contributed by atoms with E-state index >= 15 is 0 Å². The number of carbonyl (C=O) groups excluding carboxylic acids is 1. The fourth-order valence-corrected chi connectivity index (χ4v) is 2.31. The van der Waals surface area contributed by atoms with E-state index in [4.69, 9.17) is 23.2 Å². The van der Waals surface area contributed by atoms with Gasteiger partial charge in [0.2, 0.25) is 5.91 Å². The van der Waals surface area contributed by atoms with E-state index in [2.05, 4.69) is 5.32 Å². The molecule has 0 heterocycles. The van der Waals surface area contributed by atoms with Crippen molar-refractivity contribution in [2.24, 2.45) is 0 Å². The molecule has 2 rings (SSSR count). The monoisotopic (exact) mass is 348 g/mol. The van der Waals surface area contributed by atoms with E-state index in [1.165, 1.54) is 30.4 Å². The van der Waals surface area contributed by atoms with Crippen LogP contribution in [-0.4, -0.2) is 5.91 Å². The normalized spacial score (nSPS) is 11.9. The van der Waals surface area contributed by atoms with Gasteiger partial charge >= 0.3 is 0 Å². The van der Waals surface area contributed by atoms with E-state index in [9.17, 15) is 14.4 Å². The van der Waals surface area contributed by atoms with E-state index in [0.717, 1.165) is 0 Å². The molecule has 23 heavy (non-hydrogen) atoms. The third kappa shape index (κ3) is 4.56. The molecule has 1 unspecified atom stereocenters. The smallest absolute Gasteiger partial charge is 0.245 e. The average Bonchev–Trinajstić information content (AvgIpc) is 2.54. The number of rotatable bonds is 4. The Morgan fingerprint density at radius 1 is 1.26 bits per heavy atom.